The summed E-state index contributed by atoms with van der Waals surface area (Å²) >= 11 is 4.77. The number of aromatic nitrogens is 2. The Kier molecular flexibility index (Phi) is 2.97. The number of rotatable bonds is 2. The predicted molar refractivity (Wildman–Crippen MR) is 54.1 cm³/mol. The topological polar surface area (TPSA) is 64.2 Å². The van der Waals surface area contributed by atoms with Crippen molar-refractivity contribution < 1.29 is 0 Å². The zero-order valence-electron chi connectivity index (χ0n) is 7.37. The van der Waals surface area contributed by atoms with Crippen molar-refractivity contribution in [3.05, 3.63) is 21.2 Å². The van der Waals surface area contributed by atoms with E-state index in [0.29, 0.717) is 5.82 Å². The van der Waals surface area contributed by atoms with Crippen molar-refractivity contribution in [2.24, 2.45) is 4.99 Å². The van der Waals surface area contributed by atoms with Crippen molar-refractivity contribution in [2.75, 3.05) is 14.1 Å². The van der Waals surface area contributed by atoms with Crippen LogP contribution in [0.5, 0.6) is 0 Å². The second-order valence-electron chi connectivity index (χ2n) is 2.68. The molecule has 1 rings (SSSR count). The van der Waals surface area contributed by atoms with Crippen LogP contribution in [0.2, 0.25) is 0 Å². The summed E-state index contributed by atoms with van der Waals surface area (Å²) in [6, 6.07) is 1.34. The molecule has 0 aliphatic rings. The summed E-state index contributed by atoms with van der Waals surface area (Å²) < 4.78 is 0.276. The molecule has 0 saturated carbocycles. The molecule has 0 unspecified atom stereocenters. The Labute approximate surface area is 80.1 Å². The third kappa shape index (κ3) is 3.20. The number of nitrogens with zero attached hydrogens (tertiary/aromatic N) is 2. The lowest BCUT2D eigenvalue weighted by Crippen LogP contribution is -2.08. The summed E-state index contributed by atoms with van der Waals surface area (Å²) in [7, 11) is 3.68. The first-order valence-corrected chi connectivity index (χ1v) is 4.03. The molecule has 0 amide bonds. The van der Waals surface area contributed by atoms with Gasteiger partial charge in [0.15, 0.2) is 4.77 Å². The van der Waals surface area contributed by atoms with Crippen molar-refractivity contribution in [1.82, 2.24) is 14.9 Å². The minimum atomic E-state index is -0.255. The highest BCUT2D eigenvalue weighted by atomic mass is 32.1. The van der Waals surface area contributed by atoms with Gasteiger partial charge in [0.05, 0.1) is 6.34 Å². The van der Waals surface area contributed by atoms with Gasteiger partial charge < -0.3 is 9.88 Å². The van der Waals surface area contributed by atoms with Crippen LogP contribution in [0.25, 0.3) is 0 Å². The lowest BCUT2D eigenvalue weighted by atomic mass is 10.6. The summed E-state index contributed by atoms with van der Waals surface area (Å²) in [6.07, 6.45) is 1.58. The maximum absolute atomic E-state index is 10.9. The average Bonchev–Trinajstić information content (AvgIpc) is 1.99. The van der Waals surface area contributed by atoms with Crippen molar-refractivity contribution in [3.8, 4) is 0 Å². The van der Waals surface area contributed by atoms with E-state index in [1.165, 1.54) is 6.07 Å². The first kappa shape index (κ1) is 9.66. The molecule has 0 fully saturated rings. The van der Waals surface area contributed by atoms with E-state index in [0.717, 1.165) is 0 Å². The molecule has 0 aromatic carbocycles. The Bertz CT molecular complexity index is 389. The van der Waals surface area contributed by atoms with Crippen molar-refractivity contribution in [1.29, 1.82) is 0 Å². The standard InChI is InChI=1S/C7H10N4OS/c1-11(2)4-8-5-3-6(12)10-7(13)9-5/h3-4H,1-2H3,(H2,9,10,12,13)/b8-4+. The van der Waals surface area contributed by atoms with Crippen LogP contribution in [0.1, 0.15) is 0 Å². The van der Waals surface area contributed by atoms with Crippen LogP contribution >= 0.6 is 12.2 Å². The molecule has 0 radical (unpaired) electrons. The smallest absolute Gasteiger partial charge is 0.253 e. The molecule has 0 bridgehead atoms. The number of hydrogen-bond acceptors (Lipinski definition) is 3. The van der Waals surface area contributed by atoms with E-state index in [2.05, 4.69) is 15.0 Å². The first-order valence-electron chi connectivity index (χ1n) is 3.62. The van der Waals surface area contributed by atoms with Crippen LogP contribution in [0.15, 0.2) is 15.9 Å². The van der Waals surface area contributed by atoms with Crippen LogP contribution in [-0.2, 0) is 0 Å². The Morgan fingerprint density at radius 2 is 2.23 bits per heavy atom. The SMILES string of the molecule is CN(C)/C=N/c1cc(=O)[nH]c(=S)[nH]1. The molecule has 0 atom stereocenters. The number of nitrogens with one attached hydrogen (secondary N) is 2. The van der Waals surface area contributed by atoms with E-state index in [1.54, 1.807) is 11.2 Å². The van der Waals surface area contributed by atoms with Crippen LogP contribution < -0.4 is 5.56 Å². The van der Waals surface area contributed by atoms with Crippen molar-refractivity contribution in [3.63, 3.8) is 0 Å². The molecule has 5 nitrogen and oxygen atoms in total. The molecule has 0 aliphatic heterocycles. The maximum Gasteiger partial charge on any atom is 0.253 e. The normalized spacial score (nSPS) is 10.6. The van der Waals surface area contributed by atoms with Crippen LogP contribution in [0.4, 0.5) is 5.82 Å². The molecule has 1 aromatic rings. The third-order valence-electron chi connectivity index (χ3n) is 1.17. The number of H-pyrrole nitrogens is 2. The van der Waals surface area contributed by atoms with Gasteiger partial charge in [0.25, 0.3) is 5.56 Å². The van der Waals surface area contributed by atoms with Gasteiger partial charge >= 0.3 is 0 Å². The van der Waals surface area contributed by atoms with Gasteiger partial charge in [-0.15, -0.1) is 0 Å². The number of aliphatic imine (C=N–C) groups is 1. The highest BCUT2D eigenvalue weighted by molar-refractivity contribution is 7.71. The molecule has 6 heteroatoms. The molecule has 2 N–H and O–H groups in total. The summed E-state index contributed by atoms with van der Waals surface area (Å²) in [4.78, 5) is 21.8. The molecule has 0 saturated heterocycles. The van der Waals surface area contributed by atoms with Gasteiger partial charge in [-0.25, -0.2) is 4.99 Å². The quantitative estimate of drug-likeness (QED) is 0.416. The molecular formula is C7H10N4OS. The molecular weight excluding hydrogens is 188 g/mol. The number of aromatic amines is 2. The van der Waals surface area contributed by atoms with E-state index >= 15 is 0 Å². The summed E-state index contributed by atoms with van der Waals surface area (Å²) in [6.45, 7) is 0. The Morgan fingerprint density at radius 3 is 2.77 bits per heavy atom. The molecule has 1 heterocycles. The monoisotopic (exact) mass is 198 g/mol. The van der Waals surface area contributed by atoms with Gasteiger partial charge in [-0.05, 0) is 12.2 Å². The van der Waals surface area contributed by atoms with Crippen LogP contribution in [0, 0.1) is 4.77 Å². The van der Waals surface area contributed by atoms with E-state index in [4.69, 9.17) is 12.2 Å². The van der Waals surface area contributed by atoms with Gasteiger partial charge in [-0.1, -0.05) is 0 Å². The lowest BCUT2D eigenvalue weighted by molar-refractivity contribution is 0.643. The fraction of sp³-hybridized carbons (Fsp3) is 0.286. The second-order valence-corrected chi connectivity index (χ2v) is 3.09. The van der Waals surface area contributed by atoms with Gasteiger partial charge in [0.1, 0.15) is 5.82 Å². The van der Waals surface area contributed by atoms with Crippen LogP contribution in [0.3, 0.4) is 0 Å². The fourth-order valence-corrected chi connectivity index (χ4v) is 0.908. The molecule has 70 valence electrons. The summed E-state index contributed by atoms with van der Waals surface area (Å²) in [5.41, 5.74) is -0.255. The largest absolute Gasteiger partial charge is 0.369 e. The fourth-order valence-electron chi connectivity index (χ4n) is 0.703. The van der Waals surface area contributed by atoms with Gasteiger partial charge in [-0.3, -0.25) is 9.78 Å². The third-order valence-corrected chi connectivity index (χ3v) is 1.38. The van der Waals surface area contributed by atoms with Crippen molar-refractivity contribution >= 4 is 24.4 Å². The zero-order chi connectivity index (χ0) is 9.84. The number of hydrogen-bond donors (Lipinski definition) is 2. The van der Waals surface area contributed by atoms with E-state index in [-0.39, 0.29) is 10.3 Å². The average molecular weight is 198 g/mol. The summed E-state index contributed by atoms with van der Waals surface area (Å²) in [5, 5.41) is 0. The van der Waals surface area contributed by atoms with Crippen LogP contribution in [-0.4, -0.2) is 35.3 Å². The molecule has 0 aliphatic carbocycles. The van der Waals surface area contributed by atoms with E-state index in [9.17, 15) is 4.79 Å². The zero-order valence-corrected chi connectivity index (χ0v) is 8.18. The molecule has 0 spiro atoms. The minimum absolute atomic E-state index is 0.255. The second kappa shape index (κ2) is 3.99. The molecule has 1 aromatic heterocycles. The van der Waals surface area contributed by atoms with E-state index < -0.39 is 0 Å². The minimum Gasteiger partial charge on any atom is -0.369 e. The highest BCUT2D eigenvalue weighted by Gasteiger charge is 1.90. The molecule has 13 heavy (non-hydrogen) atoms. The summed E-state index contributed by atoms with van der Waals surface area (Å²) in [5.74, 6) is 0.447. The lowest BCUT2D eigenvalue weighted by Gasteiger charge is -2.01. The van der Waals surface area contributed by atoms with Gasteiger partial charge in [0.2, 0.25) is 0 Å². The van der Waals surface area contributed by atoms with Crippen molar-refractivity contribution in [2.45, 2.75) is 0 Å². The van der Waals surface area contributed by atoms with Gasteiger partial charge in [-0.2, -0.15) is 0 Å². The predicted octanol–water partition coefficient (Wildman–Crippen LogP) is 0.654. The maximum atomic E-state index is 10.9. The Hall–Kier alpha value is -1.43. The first-order chi connectivity index (χ1) is 6.08. The highest BCUT2D eigenvalue weighted by Crippen LogP contribution is 1.99. The Morgan fingerprint density at radius 1 is 1.54 bits per heavy atom. The van der Waals surface area contributed by atoms with E-state index in [1.807, 2.05) is 14.1 Å². The van der Waals surface area contributed by atoms with Gasteiger partial charge in [0, 0.05) is 20.2 Å². The Balaban J connectivity index is 3.03.